The summed E-state index contributed by atoms with van der Waals surface area (Å²) in [6, 6.07) is 0. The van der Waals surface area contributed by atoms with Crippen molar-refractivity contribution >= 4 is 11.9 Å². The number of hydrogen-bond donors (Lipinski definition) is 0. The minimum atomic E-state index is -0.0612. The lowest BCUT2D eigenvalue weighted by Crippen LogP contribution is -2.36. The summed E-state index contributed by atoms with van der Waals surface area (Å²) in [5, 5.41) is 0. The molecule has 356 valence electrons. The van der Waals surface area contributed by atoms with E-state index in [0.717, 1.165) is 76.3 Å². The third-order valence-electron chi connectivity index (χ3n) is 13.9. The minimum absolute atomic E-state index is 0.0612. The van der Waals surface area contributed by atoms with Crippen LogP contribution in [0, 0.1) is 23.7 Å². The average molecular weight is 848 g/mol. The highest BCUT2D eigenvalue weighted by molar-refractivity contribution is 5.69. The lowest BCUT2D eigenvalue weighted by atomic mass is 9.90. The van der Waals surface area contributed by atoms with Gasteiger partial charge in [-0.1, -0.05) is 195 Å². The molecule has 6 nitrogen and oxygen atoms in total. The average Bonchev–Trinajstić information content (AvgIpc) is 3.24. The van der Waals surface area contributed by atoms with Crippen molar-refractivity contribution in [2.75, 3.05) is 40.0 Å². The first kappa shape index (κ1) is 56.9. The van der Waals surface area contributed by atoms with Crippen LogP contribution in [0.25, 0.3) is 0 Å². The van der Waals surface area contributed by atoms with Crippen LogP contribution >= 0.6 is 0 Å². The van der Waals surface area contributed by atoms with E-state index in [4.69, 9.17) is 14.2 Å². The third-order valence-corrected chi connectivity index (χ3v) is 13.9. The van der Waals surface area contributed by atoms with Gasteiger partial charge in [0, 0.05) is 19.4 Å². The molecule has 1 aliphatic rings. The van der Waals surface area contributed by atoms with Gasteiger partial charge in [0.15, 0.2) is 0 Å². The topological polar surface area (TPSA) is 65.1 Å². The molecule has 0 N–H and O–H groups in total. The van der Waals surface area contributed by atoms with Gasteiger partial charge in [-0.25, -0.2) is 0 Å². The van der Waals surface area contributed by atoms with Crippen molar-refractivity contribution in [3.05, 3.63) is 0 Å². The fraction of sp³-hybridized carbons (Fsp3) is 0.963. The van der Waals surface area contributed by atoms with Crippen LogP contribution in [0.4, 0.5) is 0 Å². The van der Waals surface area contributed by atoms with Crippen LogP contribution in [0.15, 0.2) is 0 Å². The van der Waals surface area contributed by atoms with Gasteiger partial charge in [0.05, 0.1) is 19.3 Å². The van der Waals surface area contributed by atoms with Gasteiger partial charge in [0.1, 0.15) is 0 Å². The molecule has 1 rings (SSSR count). The summed E-state index contributed by atoms with van der Waals surface area (Å²) in [6.45, 7) is 15.6. The second-order valence-corrected chi connectivity index (χ2v) is 19.6. The molecule has 0 aromatic heterocycles. The summed E-state index contributed by atoms with van der Waals surface area (Å²) in [5.41, 5.74) is 0. The molecule has 1 aliphatic heterocycles. The van der Waals surface area contributed by atoms with Crippen molar-refractivity contribution in [1.29, 1.82) is 0 Å². The molecule has 0 radical (unpaired) electrons. The molecule has 0 saturated carbocycles. The fourth-order valence-electron chi connectivity index (χ4n) is 9.55. The number of rotatable bonds is 44. The van der Waals surface area contributed by atoms with Crippen molar-refractivity contribution in [2.45, 2.75) is 272 Å². The second-order valence-electron chi connectivity index (χ2n) is 19.6. The van der Waals surface area contributed by atoms with E-state index in [1.165, 1.54) is 167 Å². The van der Waals surface area contributed by atoms with Gasteiger partial charge < -0.3 is 19.1 Å². The largest absolute Gasteiger partial charge is 0.466 e. The molecule has 0 aliphatic carbocycles. The maximum Gasteiger partial charge on any atom is 0.305 e. The van der Waals surface area contributed by atoms with Crippen LogP contribution in [-0.2, 0) is 23.8 Å². The van der Waals surface area contributed by atoms with E-state index in [-0.39, 0.29) is 18.0 Å². The number of carbonyl (C=O) groups is 2. The lowest BCUT2D eigenvalue weighted by Gasteiger charge is -2.33. The summed E-state index contributed by atoms with van der Waals surface area (Å²) in [4.78, 5) is 27.7. The van der Waals surface area contributed by atoms with E-state index in [1.807, 2.05) is 0 Å². The Kier molecular flexibility index (Phi) is 39.7. The summed E-state index contributed by atoms with van der Waals surface area (Å²) in [5.74, 6) is 2.68. The smallest absolute Gasteiger partial charge is 0.305 e. The first-order chi connectivity index (χ1) is 29.3. The Labute approximate surface area is 374 Å². The Balaban J connectivity index is 2.31. The van der Waals surface area contributed by atoms with Crippen molar-refractivity contribution in [3.63, 3.8) is 0 Å². The van der Waals surface area contributed by atoms with E-state index in [9.17, 15) is 9.59 Å². The van der Waals surface area contributed by atoms with Crippen molar-refractivity contribution in [1.82, 2.24) is 4.90 Å². The first-order valence-electron chi connectivity index (χ1n) is 26.9. The Hall–Kier alpha value is -1.14. The van der Waals surface area contributed by atoms with Gasteiger partial charge >= 0.3 is 11.9 Å². The lowest BCUT2D eigenvalue weighted by molar-refractivity contribution is -0.144. The van der Waals surface area contributed by atoms with E-state index in [2.05, 4.69) is 46.6 Å². The molecule has 1 heterocycles. The molecule has 1 atom stereocenters. The van der Waals surface area contributed by atoms with Gasteiger partial charge in [-0.3, -0.25) is 9.59 Å². The zero-order valence-corrected chi connectivity index (χ0v) is 41.4. The minimum Gasteiger partial charge on any atom is -0.466 e. The van der Waals surface area contributed by atoms with Gasteiger partial charge in [-0.05, 0) is 102 Å². The van der Waals surface area contributed by atoms with Crippen LogP contribution in [-0.4, -0.2) is 62.9 Å². The molecule has 1 saturated heterocycles. The number of hydrogen-bond acceptors (Lipinski definition) is 6. The monoisotopic (exact) mass is 848 g/mol. The van der Waals surface area contributed by atoms with Crippen LogP contribution in [0.5, 0.6) is 0 Å². The van der Waals surface area contributed by atoms with Gasteiger partial charge in [-0.2, -0.15) is 0 Å². The summed E-state index contributed by atoms with van der Waals surface area (Å²) in [7, 11) is 2.21. The van der Waals surface area contributed by atoms with E-state index < -0.39 is 0 Å². The molecule has 0 spiro atoms. The number of ether oxygens (including phenoxy) is 3. The molecule has 0 aromatic rings. The van der Waals surface area contributed by atoms with Gasteiger partial charge in [-0.15, -0.1) is 0 Å². The van der Waals surface area contributed by atoms with Crippen LogP contribution < -0.4 is 0 Å². The highest BCUT2D eigenvalue weighted by Crippen LogP contribution is 2.27. The number of piperidine rings is 1. The van der Waals surface area contributed by atoms with E-state index >= 15 is 0 Å². The van der Waals surface area contributed by atoms with Gasteiger partial charge in [0.2, 0.25) is 0 Å². The van der Waals surface area contributed by atoms with Crippen LogP contribution in [0.1, 0.15) is 266 Å². The molecule has 0 bridgehead atoms. The van der Waals surface area contributed by atoms with Gasteiger partial charge in [0.25, 0.3) is 0 Å². The van der Waals surface area contributed by atoms with Crippen molar-refractivity contribution in [3.8, 4) is 0 Å². The van der Waals surface area contributed by atoms with Crippen LogP contribution in [0.3, 0.4) is 0 Å². The Morgan fingerprint density at radius 2 is 0.800 bits per heavy atom. The predicted octanol–water partition coefficient (Wildman–Crippen LogP) is 16.0. The number of carbonyl (C=O) groups excluding carboxylic acids is 2. The maximum atomic E-state index is 12.6. The highest BCUT2D eigenvalue weighted by Gasteiger charge is 2.24. The maximum absolute atomic E-state index is 12.6. The number of esters is 2. The normalized spacial score (nSPS) is 14.5. The molecule has 1 fully saturated rings. The standard InChI is InChI=1S/C54H105NO5/c1-7-11-21-31-49(32-22-12-8-2)35-25-17-15-19-27-45-58-53(56)39-29-37-51(47-60-48(5)52-41-43-55(6)44-42-52)38-30-40-54(57)59-46-28-20-16-18-26-36-50(33-23-13-9-3)34-24-14-10-4/h48-52H,7-47H2,1-6H3/t48-/m0/s1. The predicted molar refractivity (Wildman–Crippen MR) is 258 cm³/mol. The SMILES string of the molecule is CCCCCC(CCCCC)CCCCCCCOC(=O)CCCC(CCCC(=O)OCCCCCCCC(CCCCC)CCCCC)CO[C@@H](C)C1CCN(C)CC1. The molecule has 0 unspecified atom stereocenters. The van der Waals surface area contributed by atoms with Crippen molar-refractivity contribution < 1.29 is 23.8 Å². The molecule has 0 aromatic carbocycles. The number of unbranched alkanes of at least 4 members (excludes halogenated alkanes) is 16. The summed E-state index contributed by atoms with van der Waals surface area (Å²) < 4.78 is 17.8. The Morgan fingerprint density at radius 1 is 0.467 bits per heavy atom. The zero-order valence-electron chi connectivity index (χ0n) is 41.4. The summed E-state index contributed by atoms with van der Waals surface area (Å²) in [6.07, 6.45) is 44.0. The Morgan fingerprint density at radius 3 is 1.18 bits per heavy atom. The highest BCUT2D eigenvalue weighted by atomic mass is 16.5. The third kappa shape index (κ3) is 34.4. The molecule has 6 heteroatoms. The zero-order chi connectivity index (χ0) is 43.7. The molecule has 0 amide bonds. The summed E-state index contributed by atoms with van der Waals surface area (Å²) >= 11 is 0. The van der Waals surface area contributed by atoms with E-state index in [1.54, 1.807) is 0 Å². The number of nitrogens with zero attached hydrogens (tertiary/aromatic N) is 1. The fourth-order valence-corrected chi connectivity index (χ4v) is 9.55. The second kappa shape index (κ2) is 41.8. The first-order valence-corrected chi connectivity index (χ1v) is 26.9. The Bertz CT molecular complexity index is 857. The molecular formula is C54H105NO5. The molecule has 60 heavy (non-hydrogen) atoms. The number of likely N-dealkylation sites (tertiary alicyclic amines) is 1. The molecular weight excluding hydrogens is 743 g/mol. The van der Waals surface area contributed by atoms with Crippen molar-refractivity contribution in [2.24, 2.45) is 23.7 Å². The van der Waals surface area contributed by atoms with Crippen LogP contribution in [0.2, 0.25) is 0 Å². The quantitative estimate of drug-likeness (QED) is 0.0449. The van der Waals surface area contributed by atoms with E-state index in [0.29, 0.717) is 44.5 Å².